The van der Waals surface area contributed by atoms with Gasteiger partial charge < -0.3 is 20.0 Å². The van der Waals surface area contributed by atoms with E-state index in [4.69, 9.17) is 10.2 Å². The van der Waals surface area contributed by atoms with Crippen LogP contribution in [0.25, 0.3) is 0 Å². The number of carbonyl (C=O) groups is 3. The van der Waals surface area contributed by atoms with Gasteiger partial charge >= 0.3 is 11.9 Å². The van der Waals surface area contributed by atoms with Gasteiger partial charge in [0.1, 0.15) is 5.82 Å². The fraction of sp³-hybridized carbons (Fsp3) is 0.227. The normalized spacial score (nSPS) is 10.5. The third kappa shape index (κ3) is 9.92. The fourth-order valence-corrected chi connectivity index (χ4v) is 3.14. The standard InChI is InChI=1S/C18H21FN2OS.C4H4O4/c1-20(2)12-13-21(3)18(22)14-8-4-6-10-16(14)23-17-11-7-5-9-15(17)19;5-3(6)1-2-4(7)8/h4-11H,12-13H2,1-3H3;1-2H,(H,5,6)(H,7,8)/b;2-1-. The smallest absolute Gasteiger partial charge is 0.328 e. The third-order valence-corrected chi connectivity index (χ3v) is 4.90. The van der Waals surface area contributed by atoms with Crippen molar-refractivity contribution in [1.29, 1.82) is 0 Å². The number of carboxylic acids is 2. The van der Waals surface area contributed by atoms with Crippen LogP contribution in [0.2, 0.25) is 0 Å². The molecule has 2 aromatic carbocycles. The van der Waals surface area contributed by atoms with Crippen LogP contribution < -0.4 is 0 Å². The molecule has 0 aliphatic heterocycles. The van der Waals surface area contributed by atoms with E-state index in [1.165, 1.54) is 17.8 Å². The lowest BCUT2D eigenvalue weighted by Gasteiger charge is -2.21. The summed E-state index contributed by atoms with van der Waals surface area (Å²) in [5.41, 5.74) is 0.599. The lowest BCUT2D eigenvalue weighted by Crippen LogP contribution is -2.33. The SMILES string of the molecule is CN(C)CCN(C)C(=O)c1ccccc1Sc1ccccc1F.O=C(O)/C=C\C(=O)O. The summed E-state index contributed by atoms with van der Waals surface area (Å²) in [5.74, 6) is -2.84. The van der Waals surface area contributed by atoms with Gasteiger partial charge in [-0.2, -0.15) is 0 Å². The number of rotatable bonds is 8. The average Bonchev–Trinajstić information content (AvgIpc) is 2.72. The van der Waals surface area contributed by atoms with Gasteiger partial charge in [0.2, 0.25) is 0 Å². The number of benzene rings is 2. The maximum Gasteiger partial charge on any atom is 0.328 e. The molecule has 2 N–H and O–H groups in total. The van der Waals surface area contributed by atoms with Gasteiger partial charge in [0.25, 0.3) is 5.91 Å². The number of hydrogen-bond acceptors (Lipinski definition) is 5. The summed E-state index contributed by atoms with van der Waals surface area (Å²) in [7, 11) is 5.73. The fourth-order valence-electron chi connectivity index (χ4n) is 2.18. The van der Waals surface area contributed by atoms with Gasteiger partial charge in [-0.3, -0.25) is 4.79 Å². The first-order valence-corrected chi connectivity index (χ1v) is 9.99. The molecule has 0 bridgehead atoms. The number of carboxylic acid groups (broad SMARTS) is 2. The summed E-state index contributed by atoms with van der Waals surface area (Å²) in [4.78, 5) is 36.8. The molecule has 1 amide bonds. The Morgan fingerprint density at radius 2 is 1.39 bits per heavy atom. The zero-order valence-electron chi connectivity index (χ0n) is 17.5. The molecule has 0 saturated carbocycles. The van der Waals surface area contributed by atoms with Crippen LogP contribution in [0, 0.1) is 5.82 Å². The van der Waals surface area contributed by atoms with Gasteiger partial charge in [-0.05, 0) is 38.4 Å². The van der Waals surface area contributed by atoms with Crippen LogP contribution in [-0.2, 0) is 9.59 Å². The zero-order chi connectivity index (χ0) is 23.4. The predicted octanol–water partition coefficient (Wildman–Crippen LogP) is 3.32. The molecule has 0 radical (unpaired) electrons. The highest BCUT2D eigenvalue weighted by molar-refractivity contribution is 7.99. The molecule has 0 aliphatic rings. The Kier molecular flexibility index (Phi) is 11.0. The van der Waals surface area contributed by atoms with Crippen molar-refractivity contribution in [2.24, 2.45) is 0 Å². The Hall–Kier alpha value is -3.17. The Morgan fingerprint density at radius 1 is 0.871 bits per heavy atom. The van der Waals surface area contributed by atoms with Crippen LogP contribution in [-0.4, -0.2) is 72.1 Å². The molecule has 0 spiro atoms. The van der Waals surface area contributed by atoms with E-state index in [2.05, 4.69) is 0 Å². The summed E-state index contributed by atoms with van der Waals surface area (Å²) < 4.78 is 13.9. The number of aliphatic carboxylic acids is 2. The highest BCUT2D eigenvalue weighted by Crippen LogP contribution is 2.32. The lowest BCUT2D eigenvalue weighted by atomic mass is 10.2. The second kappa shape index (κ2) is 13.2. The maximum atomic E-state index is 13.9. The second-order valence-corrected chi connectivity index (χ2v) is 7.65. The molecule has 0 atom stereocenters. The molecule has 31 heavy (non-hydrogen) atoms. The van der Waals surface area contributed by atoms with Gasteiger partial charge in [-0.25, -0.2) is 14.0 Å². The number of hydrogen-bond donors (Lipinski definition) is 2. The second-order valence-electron chi connectivity index (χ2n) is 6.57. The molecule has 0 fully saturated rings. The van der Waals surface area contributed by atoms with E-state index in [0.717, 1.165) is 11.4 Å². The predicted molar refractivity (Wildman–Crippen MR) is 117 cm³/mol. The maximum absolute atomic E-state index is 13.9. The molecule has 0 aromatic heterocycles. The first-order valence-electron chi connectivity index (χ1n) is 9.17. The Balaban J connectivity index is 0.000000512. The van der Waals surface area contributed by atoms with E-state index in [-0.39, 0.29) is 11.7 Å². The third-order valence-electron chi connectivity index (χ3n) is 3.77. The molecule has 2 rings (SSSR count). The first kappa shape index (κ1) is 25.9. The summed E-state index contributed by atoms with van der Waals surface area (Å²) in [6.07, 6.45) is 1.12. The molecular formula is C22H25FN2O5S. The van der Waals surface area contributed by atoms with Crippen LogP contribution in [0.5, 0.6) is 0 Å². The summed E-state index contributed by atoms with van der Waals surface area (Å²) >= 11 is 1.28. The van der Waals surface area contributed by atoms with Crippen LogP contribution in [0.4, 0.5) is 4.39 Å². The molecule has 0 saturated heterocycles. The topological polar surface area (TPSA) is 98.2 Å². The minimum atomic E-state index is -1.26. The first-order chi connectivity index (χ1) is 14.6. The lowest BCUT2D eigenvalue weighted by molar-refractivity contribution is -0.134. The van der Waals surface area contributed by atoms with Crippen molar-refractivity contribution in [1.82, 2.24) is 9.80 Å². The van der Waals surface area contributed by atoms with Gasteiger partial charge in [0.05, 0.1) is 5.56 Å². The highest BCUT2D eigenvalue weighted by atomic mass is 32.2. The number of carbonyl (C=O) groups excluding carboxylic acids is 1. The summed E-state index contributed by atoms with van der Waals surface area (Å²) in [5, 5.41) is 15.6. The van der Waals surface area contributed by atoms with Crippen molar-refractivity contribution in [3.05, 3.63) is 72.1 Å². The van der Waals surface area contributed by atoms with E-state index < -0.39 is 11.9 Å². The Bertz CT molecular complexity index is 918. The van der Waals surface area contributed by atoms with E-state index >= 15 is 0 Å². The van der Waals surface area contributed by atoms with Gasteiger partial charge in [-0.1, -0.05) is 36.0 Å². The van der Waals surface area contributed by atoms with E-state index in [0.29, 0.717) is 29.2 Å². The molecular weight excluding hydrogens is 423 g/mol. The van der Waals surface area contributed by atoms with E-state index in [9.17, 15) is 18.8 Å². The monoisotopic (exact) mass is 448 g/mol. The van der Waals surface area contributed by atoms with Crippen molar-refractivity contribution < 1.29 is 29.0 Å². The highest BCUT2D eigenvalue weighted by Gasteiger charge is 2.17. The molecule has 7 nitrogen and oxygen atoms in total. The summed E-state index contributed by atoms with van der Waals surface area (Å²) in [6, 6.07) is 13.9. The van der Waals surface area contributed by atoms with E-state index in [1.807, 2.05) is 37.2 Å². The van der Waals surface area contributed by atoms with Gasteiger partial charge in [0, 0.05) is 42.1 Å². The molecule has 166 valence electrons. The average molecular weight is 449 g/mol. The largest absolute Gasteiger partial charge is 0.478 e. The zero-order valence-corrected chi connectivity index (χ0v) is 18.3. The van der Waals surface area contributed by atoms with Crippen molar-refractivity contribution in [3.63, 3.8) is 0 Å². The molecule has 0 heterocycles. The minimum Gasteiger partial charge on any atom is -0.478 e. The van der Waals surface area contributed by atoms with Crippen LogP contribution in [0.15, 0.2) is 70.5 Å². The summed E-state index contributed by atoms with van der Waals surface area (Å²) in [6.45, 7) is 1.44. The van der Waals surface area contributed by atoms with Crippen molar-refractivity contribution in [2.45, 2.75) is 9.79 Å². The number of likely N-dealkylation sites (N-methyl/N-ethyl adjacent to an activating group) is 2. The molecule has 0 aliphatic carbocycles. The number of halogens is 1. The number of nitrogens with zero attached hydrogens (tertiary/aromatic N) is 2. The van der Waals surface area contributed by atoms with Crippen molar-refractivity contribution in [2.75, 3.05) is 34.2 Å². The van der Waals surface area contributed by atoms with Crippen molar-refractivity contribution >= 4 is 29.6 Å². The van der Waals surface area contributed by atoms with Gasteiger partial charge in [-0.15, -0.1) is 0 Å². The van der Waals surface area contributed by atoms with Gasteiger partial charge in [0.15, 0.2) is 0 Å². The molecule has 2 aromatic rings. The van der Waals surface area contributed by atoms with Crippen LogP contribution >= 0.6 is 11.8 Å². The molecule has 9 heteroatoms. The minimum absolute atomic E-state index is 0.0497. The van der Waals surface area contributed by atoms with Crippen LogP contribution in [0.3, 0.4) is 0 Å². The molecule has 0 unspecified atom stereocenters. The number of amides is 1. The Labute approximate surface area is 184 Å². The van der Waals surface area contributed by atoms with Crippen molar-refractivity contribution in [3.8, 4) is 0 Å². The van der Waals surface area contributed by atoms with Crippen LogP contribution in [0.1, 0.15) is 10.4 Å². The quantitative estimate of drug-likeness (QED) is 0.598. The Morgan fingerprint density at radius 3 is 1.90 bits per heavy atom. The van der Waals surface area contributed by atoms with E-state index in [1.54, 1.807) is 36.2 Å².